The molecule has 3 N–H and O–H groups in total. The topological polar surface area (TPSA) is 79.5 Å². The first-order valence-electron chi connectivity index (χ1n) is 8.80. The Hall–Kier alpha value is -2.93. The summed E-state index contributed by atoms with van der Waals surface area (Å²) in [5, 5.41) is 8.59. The van der Waals surface area contributed by atoms with E-state index in [0.29, 0.717) is 23.0 Å². The number of methoxy groups -OCH3 is 1. The molecule has 2 aromatic carbocycles. The highest BCUT2D eigenvalue weighted by Crippen LogP contribution is 2.29. The maximum absolute atomic E-state index is 13.3. The van der Waals surface area contributed by atoms with Crippen molar-refractivity contribution in [2.45, 2.75) is 12.8 Å². The maximum atomic E-state index is 13.3. The third-order valence-electron chi connectivity index (χ3n) is 4.23. The molecule has 0 unspecified atom stereocenters. The van der Waals surface area contributed by atoms with Crippen LogP contribution in [0.25, 0.3) is 0 Å². The standard InChI is InChI=1S/C20H22FN3O3/c1-27-18-8-7-16(23-19(25)12-22-11-13-5-6-13)10-17(18)24-20(26)14-3-2-4-15(21)9-14/h2-4,7-10,13,22H,5-6,11-12H2,1H3,(H,23,25)(H,24,26). The summed E-state index contributed by atoms with van der Waals surface area (Å²) in [5.74, 6) is 0.00737. The van der Waals surface area contributed by atoms with Crippen LogP contribution in [-0.4, -0.2) is 32.0 Å². The number of carbonyl (C=O) groups is 2. The highest BCUT2D eigenvalue weighted by molar-refractivity contribution is 6.05. The number of halogens is 1. The fourth-order valence-corrected chi connectivity index (χ4v) is 2.62. The molecule has 0 bridgehead atoms. The van der Waals surface area contributed by atoms with Crippen LogP contribution in [0.15, 0.2) is 42.5 Å². The fourth-order valence-electron chi connectivity index (χ4n) is 2.62. The molecule has 0 saturated heterocycles. The van der Waals surface area contributed by atoms with Crippen molar-refractivity contribution in [3.05, 3.63) is 53.8 Å². The van der Waals surface area contributed by atoms with Gasteiger partial charge in [-0.1, -0.05) is 6.07 Å². The SMILES string of the molecule is COc1ccc(NC(=O)CNCC2CC2)cc1NC(=O)c1cccc(F)c1. The second kappa shape index (κ2) is 8.64. The number of hydrogen-bond acceptors (Lipinski definition) is 4. The summed E-state index contributed by atoms with van der Waals surface area (Å²) in [6.45, 7) is 1.08. The fraction of sp³-hybridized carbons (Fsp3) is 0.300. The van der Waals surface area contributed by atoms with Crippen molar-refractivity contribution in [2.75, 3.05) is 30.8 Å². The zero-order chi connectivity index (χ0) is 19.2. The molecule has 2 amide bonds. The number of amides is 2. The van der Waals surface area contributed by atoms with Crippen LogP contribution in [0, 0.1) is 11.7 Å². The van der Waals surface area contributed by atoms with E-state index in [1.807, 2.05) is 0 Å². The summed E-state index contributed by atoms with van der Waals surface area (Å²) < 4.78 is 18.6. The van der Waals surface area contributed by atoms with Gasteiger partial charge in [0.1, 0.15) is 11.6 Å². The number of ether oxygens (including phenoxy) is 1. The second-order valence-corrected chi connectivity index (χ2v) is 6.50. The summed E-state index contributed by atoms with van der Waals surface area (Å²) >= 11 is 0. The highest BCUT2D eigenvalue weighted by atomic mass is 19.1. The molecule has 6 nitrogen and oxygen atoms in total. The van der Waals surface area contributed by atoms with E-state index in [-0.39, 0.29) is 18.0 Å². The van der Waals surface area contributed by atoms with E-state index in [0.717, 1.165) is 12.6 Å². The van der Waals surface area contributed by atoms with Gasteiger partial charge in [0.2, 0.25) is 5.91 Å². The number of rotatable bonds is 8. The number of nitrogens with one attached hydrogen (secondary N) is 3. The van der Waals surface area contributed by atoms with Gasteiger partial charge in [-0.2, -0.15) is 0 Å². The van der Waals surface area contributed by atoms with Crippen LogP contribution >= 0.6 is 0 Å². The van der Waals surface area contributed by atoms with Gasteiger partial charge in [-0.05, 0) is 61.7 Å². The summed E-state index contributed by atoms with van der Waals surface area (Å²) in [5.41, 5.74) is 1.11. The minimum Gasteiger partial charge on any atom is -0.495 e. The van der Waals surface area contributed by atoms with Gasteiger partial charge in [0.25, 0.3) is 5.91 Å². The monoisotopic (exact) mass is 371 g/mol. The summed E-state index contributed by atoms with van der Waals surface area (Å²) in [6, 6.07) is 10.3. The predicted molar refractivity (Wildman–Crippen MR) is 102 cm³/mol. The Bertz CT molecular complexity index is 837. The molecule has 1 aliphatic rings. The molecule has 2 aromatic rings. The van der Waals surface area contributed by atoms with Crippen LogP contribution in [0.1, 0.15) is 23.2 Å². The molecular weight excluding hydrogens is 349 g/mol. The van der Waals surface area contributed by atoms with Crippen molar-refractivity contribution in [3.63, 3.8) is 0 Å². The van der Waals surface area contributed by atoms with Gasteiger partial charge in [0.15, 0.2) is 0 Å². The van der Waals surface area contributed by atoms with E-state index in [4.69, 9.17) is 4.74 Å². The zero-order valence-corrected chi connectivity index (χ0v) is 15.0. The number of benzene rings is 2. The molecule has 27 heavy (non-hydrogen) atoms. The minimum atomic E-state index is -0.491. The number of anilines is 2. The summed E-state index contributed by atoms with van der Waals surface area (Å²) in [6.07, 6.45) is 2.45. The van der Waals surface area contributed by atoms with Crippen LogP contribution in [0.5, 0.6) is 5.75 Å². The third-order valence-corrected chi connectivity index (χ3v) is 4.23. The van der Waals surface area contributed by atoms with E-state index in [1.165, 1.54) is 38.2 Å². The number of carbonyl (C=O) groups excluding carboxylic acids is 2. The molecule has 3 rings (SSSR count). The van der Waals surface area contributed by atoms with Crippen molar-refractivity contribution < 1.29 is 18.7 Å². The van der Waals surface area contributed by atoms with Gasteiger partial charge < -0.3 is 20.7 Å². The molecule has 142 valence electrons. The molecule has 0 aromatic heterocycles. The highest BCUT2D eigenvalue weighted by Gasteiger charge is 2.20. The van der Waals surface area contributed by atoms with E-state index < -0.39 is 11.7 Å². The first-order valence-corrected chi connectivity index (χ1v) is 8.80. The Labute approximate surface area is 157 Å². The van der Waals surface area contributed by atoms with Crippen LogP contribution in [-0.2, 0) is 4.79 Å². The van der Waals surface area contributed by atoms with Gasteiger partial charge in [0.05, 0.1) is 19.3 Å². The molecule has 0 aliphatic heterocycles. The Balaban J connectivity index is 1.65. The van der Waals surface area contributed by atoms with Crippen molar-refractivity contribution in [2.24, 2.45) is 5.92 Å². The van der Waals surface area contributed by atoms with Gasteiger partial charge in [-0.25, -0.2) is 4.39 Å². The van der Waals surface area contributed by atoms with Gasteiger partial charge >= 0.3 is 0 Å². The second-order valence-electron chi connectivity index (χ2n) is 6.50. The molecule has 0 atom stereocenters. The van der Waals surface area contributed by atoms with Crippen LogP contribution in [0.2, 0.25) is 0 Å². The third kappa shape index (κ3) is 5.52. The average Bonchev–Trinajstić information content (AvgIpc) is 3.46. The normalized spacial score (nSPS) is 13.1. The smallest absolute Gasteiger partial charge is 0.255 e. The van der Waals surface area contributed by atoms with Crippen molar-refractivity contribution in [1.29, 1.82) is 0 Å². The Kier molecular flexibility index (Phi) is 6.03. The lowest BCUT2D eigenvalue weighted by Crippen LogP contribution is -2.29. The minimum absolute atomic E-state index is 0.164. The number of hydrogen-bond donors (Lipinski definition) is 3. The molecule has 0 radical (unpaired) electrons. The lowest BCUT2D eigenvalue weighted by Gasteiger charge is -2.13. The quantitative estimate of drug-likeness (QED) is 0.666. The Morgan fingerprint density at radius 2 is 1.96 bits per heavy atom. The predicted octanol–water partition coefficient (Wildman–Crippen LogP) is 3.02. The van der Waals surface area contributed by atoms with Gasteiger partial charge in [-0.3, -0.25) is 9.59 Å². The van der Waals surface area contributed by atoms with Crippen molar-refractivity contribution in [3.8, 4) is 5.75 Å². The van der Waals surface area contributed by atoms with Crippen LogP contribution < -0.4 is 20.7 Å². The maximum Gasteiger partial charge on any atom is 0.255 e. The molecule has 0 heterocycles. The van der Waals surface area contributed by atoms with E-state index >= 15 is 0 Å². The zero-order valence-electron chi connectivity index (χ0n) is 15.0. The summed E-state index contributed by atoms with van der Waals surface area (Å²) in [7, 11) is 1.48. The molecular formula is C20H22FN3O3. The van der Waals surface area contributed by atoms with Gasteiger partial charge in [0, 0.05) is 11.3 Å². The lowest BCUT2D eigenvalue weighted by molar-refractivity contribution is -0.115. The van der Waals surface area contributed by atoms with Crippen LogP contribution in [0.3, 0.4) is 0 Å². The van der Waals surface area contributed by atoms with Crippen LogP contribution in [0.4, 0.5) is 15.8 Å². The molecule has 1 aliphatic carbocycles. The summed E-state index contributed by atoms with van der Waals surface area (Å²) in [4.78, 5) is 24.4. The molecule has 7 heteroatoms. The average molecular weight is 371 g/mol. The lowest BCUT2D eigenvalue weighted by atomic mass is 10.2. The van der Waals surface area contributed by atoms with E-state index in [9.17, 15) is 14.0 Å². The van der Waals surface area contributed by atoms with Crippen molar-refractivity contribution >= 4 is 23.2 Å². The largest absolute Gasteiger partial charge is 0.495 e. The molecule has 0 spiro atoms. The van der Waals surface area contributed by atoms with Gasteiger partial charge in [-0.15, -0.1) is 0 Å². The van der Waals surface area contributed by atoms with E-state index in [2.05, 4.69) is 16.0 Å². The molecule has 1 saturated carbocycles. The van der Waals surface area contributed by atoms with E-state index in [1.54, 1.807) is 18.2 Å². The Morgan fingerprint density at radius 1 is 1.15 bits per heavy atom. The van der Waals surface area contributed by atoms with Crippen molar-refractivity contribution in [1.82, 2.24) is 5.32 Å². The first kappa shape index (κ1) is 18.8. The molecule has 1 fully saturated rings. The Morgan fingerprint density at radius 3 is 2.67 bits per heavy atom. The first-order chi connectivity index (χ1) is 13.0.